The molecule has 0 saturated carbocycles. The van der Waals surface area contributed by atoms with E-state index in [1.807, 2.05) is 0 Å². The molecule has 0 aromatic heterocycles. The Hall–Kier alpha value is -2.09. The van der Waals surface area contributed by atoms with Gasteiger partial charge in [0.2, 0.25) is 10.0 Å². The highest BCUT2D eigenvalue weighted by Crippen LogP contribution is 2.30. The molecule has 24 heavy (non-hydrogen) atoms. The second-order valence-corrected chi connectivity index (χ2v) is 8.00. The van der Waals surface area contributed by atoms with E-state index in [9.17, 15) is 18.0 Å². The van der Waals surface area contributed by atoms with Gasteiger partial charge in [0.15, 0.2) is 6.61 Å². The molecular formula is C16H20N2O5S. The van der Waals surface area contributed by atoms with Crippen LogP contribution in [0.5, 0.6) is 0 Å². The number of likely N-dealkylation sites (tertiary alicyclic amines) is 1. The number of carbonyl (C=O) groups excluding carboxylic acids is 2. The van der Waals surface area contributed by atoms with Crippen LogP contribution in [0.4, 0.5) is 5.69 Å². The normalized spacial score (nSPS) is 17.0. The van der Waals surface area contributed by atoms with Gasteiger partial charge in [-0.05, 0) is 43.0 Å². The SMILES string of the molecule is CS(=O)(=O)N1CCc2cc(C(=O)OCC(=O)N3CCCC3)ccc21. The molecule has 1 aromatic rings. The summed E-state index contributed by atoms with van der Waals surface area (Å²) in [6.45, 7) is 1.55. The zero-order chi connectivity index (χ0) is 17.3. The van der Waals surface area contributed by atoms with Crippen molar-refractivity contribution >= 4 is 27.6 Å². The van der Waals surface area contributed by atoms with Crippen LogP contribution >= 0.6 is 0 Å². The zero-order valence-corrected chi connectivity index (χ0v) is 14.3. The highest BCUT2D eigenvalue weighted by molar-refractivity contribution is 7.92. The molecule has 0 unspecified atom stereocenters. The van der Waals surface area contributed by atoms with Gasteiger partial charge >= 0.3 is 5.97 Å². The number of rotatable bonds is 4. The molecule has 1 amide bonds. The van der Waals surface area contributed by atoms with E-state index in [1.165, 1.54) is 10.4 Å². The summed E-state index contributed by atoms with van der Waals surface area (Å²) in [5.41, 5.74) is 1.72. The monoisotopic (exact) mass is 352 g/mol. The summed E-state index contributed by atoms with van der Waals surface area (Å²) < 4.78 is 29.8. The lowest BCUT2D eigenvalue weighted by molar-refractivity contribution is -0.133. The van der Waals surface area contributed by atoms with Crippen LogP contribution in [0.2, 0.25) is 0 Å². The van der Waals surface area contributed by atoms with Gasteiger partial charge in [0.05, 0.1) is 17.5 Å². The van der Waals surface area contributed by atoms with E-state index >= 15 is 0 Å². The van der Waals surface area contributed by atoms with Crippen molar-refractivity contribution in [3.63, 3.8) is 0 Å². The van der Waals surface area contributed by atoms with Crippen molar-refractivity contribution in [1.29, 1.82) is 0 Å². The molecule has 8 heteroatoms. The predicted molar refractivity (Wildman–Crippen MR) is 88.4 cm³/mol. The minimum Gasteiger partial charge on any atom is -0.452 e. The van der Waals surface area contributed by atoms with Crippen LogP contribution in [-0.2, 0) is 26.0 Å². The summed E-state index contributed by atoms with van der Waals surface area (Å²) in [6, 6.07) is 4.79. The Kier molecular flexibility index (Phi) is 4.49. The molecule has 2 heterocycles. The predicted octanol–water partition coefficient (Wildman–Crippen LogP) is 0.788. The Balaban J connectivity index is 1.65. The van der Waals surface area contributed by atoms with Crippen LogP contribution in [0, 0.1) is 0 Å². The van der Waals surface area contributed by atoms with Crippen LogP contribution < -0.4 is 4.31 Å². The summed E-state index contributed by atoms with van der Waals surface area (Å²) in [4.78, 5) is 25.7. The summed E-state index contributed by atoms with van der Waals surface area (Å²) in [5.74, 6) is -0.742. The molecule has 7 nitrogen and oxygen atoms in total. The van der Waals surface area contributed by atoms with Crippen LogP contribution in [0.1, 0.15) is 28.8 Å². The highest BCUT2D eigenvalue weighted by Gasteiger charge is 2.27. The van der Waals surface area contributed by atoms with Gasteiger partial charge < -0.3 is 9.64 Å². The van der Waals surface area contributed by atoms with Gasteiger partial charge in [-0.3, -0.25) is 9.10 Å². The molecule has 0 radical (unpaired) electrons. The fraction of sp³-hybridized carbons (Fsp3) is 0.500. The van der Waals surface area contributed by atoms with Crippen molar-refractivity contribution in [3.05, 3.63) is 29.3 Å². The highest BCUT2D eigenvalue weighted by atomic mass is 32.2. The molecule has 0 atom stereocenters. The Labute approximate surface area is 141 Å². The Bertz CT molecular complexity index is 769. The molecule has 0 bridgehead atoms. The lowest BCUT2D eigenvalue weighted by atomic mass is 10.1. The van der Waals surface area contributed by atoms with E-state index < -0.39 is 16.0 Å². The van der Waals surface area contributed by atoms with E-state index in [0.717, 1.165) is 37.8 Å². The number of benzene rings is 1. The fourth-order valence-corrected chi connectivity index (χ4v) is 4.07. The van der Waals surface area contributed by atoms with Crippen LogP contribution in [0.15, 0.2) is 18.2 Å². The number of sulfonamides is 1. The van der Waals surface area contributed by atoms with E-state index in [0.29, 0.717) is 24.2 Å². The Morgan fingerprint density at radius 2 is 1.88 bits per heavy atom. The van der Waals surface area contributed by atoms with Crippen molar-refractivity contribution in [3.8, 4) is 0 Å². The van der Waals surface area contributed by atoms with E-state index in [4.69, 9.17) is 4.74 Å². The van der Waals surface area contributed by atoms with Crippen LogP contribution in [0.3, 0.4) is 0 Å². The van der Waals surface area contributed by atoms with Crippen molar-refractivity contribution in [2.75, 3.05) is 36.8 Å². The average molecular weight is 352 g/mol. The number of esters is 1. The first kappa shape index (κ1) is 16.8. The largest absolute Gasteiger partial charge is 0.452 e. The number of anilines is 1. The van der Waals surface area contributed by atoms with Crippen molar-refractivity contribution < 1.29 is 22.7 Å². The second-order valence-electron chi connectivity index (χ2n) is 6.09. The molecule has 1 aromatic carbocycles. The molecule has 0 N–H and O–H groups in total. The molecular weight excluding hydrogens is 332 g/mol. The maximum Gasteiger partial charge on any atom is 0.338 e. The van der Waals surface area contributed by atoms with Gasteiger partial charge in [-0.1, -0.05) is 0 Å². The first-order valence-electron chi connectivity index (χ1n) is 7.92. The number of amides is 1. The van der Waals surface area contributed by atoms with Crippen LogP contribution in [0.25, 0.3) is 0 Å². The lowest BCUT2D eigenvalue weighted by Gasteiger charge is -2.17. The summed E-state index contributed by atoms with van der Waals surface area (Å²) in [7, 11) is -3.31. The third kappa shape index (κ3) is 3.38. The first-order valence-corrected chi connectivity index (χ1v) is 9.76. The summed E-state index contributed by atoms with van der Waals surface area (Å²) in [5, 5.41) is 0. The van der Waals surface area contributed by atoms with Gasteiger partial charge in [-0.2, -0.15) is 0 Å². The van der Waals surface area contributed by atoms with Crippen LogP contribution in [-0.4, -0.2) is 57.7 Å². The smallest absolute Gasteiger partial charge is 0.338 e. The Morgan fingerprint density at radius 1 is 1.17 bits per heavy atom. The molecule has 1 saturated heterocycles. The third-order valence-corrected chi connectivity index (χ3v) is 5.53. The van der Waals surface area contributed by atoms with Gasteiger partial charge in [0.1, 0.15) is 0 Å². The molecule has 0 spiro atoms. The first-order chi connectivity index (χ1) is 11.4. The minimum atomic E-state index is -3.31. The quantitative estimate of drug-likeness (QED) is 0.748. The maximum atomic E-state index is 12.1. The summed E-state index contributed by atoms with van der Waals surface area (Å²) >= 11 is 0. The number of hydrogen-bond acceptors (Lipinski definition) is 5. The van der Waals surface area contributed by atoms with Gasteiger partial charge in [0.25, 0.3) is 5.91 Å². The standard InChI is InChI=1S/C16H20N2O5S/c1-24(21,22)18-9-6-12-10-13(4-5-14(12)18)16(20)23-11-15(19)17-7-2-3-8-17/h4-5,10H,2-3,6-9,11H2,1H3. The lowest BCUT2D eigenvalue weighted by Crippen LogP contribution is -2.32. The minimum absolute atomic E-state index is 0.176. The topological polar surface area (TPSA) is 84.0 Å². The zero-order valence-electron chi connectivity index (χ0n) is 13.5. The molecule has 1 fully saturated rings. The number of nitrogens with zero attached hydrogens (tertiary/aromatic N) is 2. The summed E-state index contributed by atoms with van der Waals surface area (Å²) in [6.07, 6.45) is 3.69. The Morgan fingerprint density at radius 3 is 2.54 bits per heavy atom. The number of carbonyl (C=O) groups is 2. The fourth-order valence-electron chi connectivity index (χ4n) is 3.11. The number of fused-ring (bicyclic) bond motifs is 1. The number of hydrogen-bond donors (Lipinski definition) is 0. The van der Waals surface area contributed by atoms with Crippen molar-refractivity contribution in [2.24, 2.45) is 0 Å². The molecule has 3 rings (SSSR count). The van der Waals surface area contributed by atoms with E-state index in [-0.39, 0.29) is 12.5 Å². The molecule has 0 aliphatic carbocycles. The van der Waals surface area contributed by atoms with Crippen molar-refractivity contribution in [2.45, 2.75) is 19.3 Å². The maximum absolute atomic E-state index is 12.1. The van der Waals surface area contributed by atoms with Gasteiger partial charge in [-0.25, -0.2) is 13.2 Å². The average Bonchev–Trinajstić information content (AvgIpc) is 3.19. The van der Waals surface area contributed by atoms with E-state index in [1.54, 1.807) is 17.0 Å². The number of ether oxygens (including phenoxy) is 1. The van der Waals surface area contributed by atoms with Crippen molar-refractivity contribution in [1.82, 2.24) is 4.90 Å². The third-order valence-electron chi connectivity index (χ3n) is 4.35. The molecule has 2 aliphatic heterocycles. The van der Waals surface area contributed by atoms with Gasteiger partial charge in [-0.15, -0.1) is 0 Å². The van der Waals surface area contributed by atoms with Gasteiger partial charge in [0, 0.05) is 19.6 Å². The molecule has 2 aliphatic rings. The van der Waals surface area contributed by atoms with E-state index in [2.05, 4.69) is 0 Å². The second kappa shape index (κ2) is 6.43. The molecule has 130 valence electrons.